The van der Waals surface area contributed by atoms with Crippen LogP contribution in [-0.2, 0) is 0 Å². The van der Waals surface area contributed by atoms with Gasteiger partial charge in [0.2, 0.25) is 0 Å². The molecule has 2 aromatic rings. The molecule has 4 rings (SSSR count). The Bertz CT molecular complexity index is 841. The van der Waals surface area contributed by atoms with Crippen LogP contribution in [0.4, 0.5) is 0 Å². The quantitative estimate of drug-likeness (QED) is 0.844. The number of halogens is 1. The van der Waals surface area contributed by atoms with Crippen molar-refractivity contribution in [1.29, 1.82) is 0 Å². The van der Waals surface area contributed by atoms with E-state index in [1.807, 2.05) is 18.2 Å². The van der Waals surface area contributed by atoms with Crippen LogP contribution in [0.2, 0.25) is 0 Å². The van der Waals surface area contributed by atoms with Crippen LogP contribution in [0.5, 0.6) is 0 Å². The lowest BCUT2D eigenvalue weighted by molar-refractivity contribution is 0.0750. The molecule has 1 aromatic heterocycles. The monoisotopic (exact) mass is 388 g/mol. The third-order valence-corrected chi connectivity index (χ3v) is 5.71. The number of nitrogens with one attached hydrogen (secondary N) is 1. The summed E-state index contributed by atoms with van der Waals surface area (Å²) in [6, 6.07) is 12.4. The average molecular weight is 389 g/mol. The lowest BCUT2D eigenvalue weighted by atomic mass is 9.67. The van der Waals surface area contributed by atoms with Gasteiger partial charge in [-0.1, -0.05) is 24.6 Å². The molecule has 0 spiro atoms. The Balaban J connectivity index is 0.00000210. The molecule has 0 radical (unpaired) electrons. The number of nitrogens with two attached hydrogens (primary N) is 1. The highest BCUT2D eigenvalue weighted by atomic mass is 35.5. The van der Waals surface area contributed by atoms with E-state index in [1.165, 1.54) is 23.2 Å². The van der Waals surface area contributed by atoms with Crippen LogP contribution in [0, 0.1) is 11.8 Å². The van der Waals surface area contributed by atoms with E-state index in [4.69, 9.17) is 5.73 Å². The summed E-state index contributed by atoms with van der Waals surface area (Å²) in [5, 5.41) is 7.47. The number of benzene rings is 1. The highest BCUT2D eigenvalue weighted by molar-refractivity contribution is 5.92. The fourth-order valence-electron chi connectivity index (χ4n) is 4.54. The fraction of sp³-hybridized carbons (Fsp3) is 0.450. The number of carbonyl (C=O) groups excluding carboxylic acids is 1. The van der Waals surface area contributed by atoms with E-state index < -0.39 is 0 Å². The first-order valence-corrected chi connectivity index (χ1v) is 9.34. The number of nitrogens with zero attached hydrogens (tertiary/aromatic N) is 2. The summed E-state index contributed by atoms with van der Waals surface area (Å²) >= 11 is 0. The summed E-state index contributed by atoms with van der Waals surface area (Å²) in [7, 11) is 0. The molecule has 2 aliphatic rings. The lowest BCUT2D eigenvalue weighted by Gasteiger charge is -2.45. The largest absolute Gasteiger partial charge is 0.347 e. The van der Waals surface area contributed by atoms with Gasteiger partial charge in [0.15, 0.2) is 0 Å². The normalized spacial score (nSPS) is 26.7. The number of aromatic nitrogens is 2. The summed E-state index contributed by atoms with van der Waals surface area (Å²) in [4.78, 5) is 24.9. The molecule has 0 aliphatic heterocycles. The van der Waals surface area contributed by atoms with Gasteiger partial charge in [0.1, 0.15) is 5.69 Å². The van der Waals surface area contributed by atoms with Crippen molar-refractivity contribution in [1.82, 2.24) is 15.1 Å². The first-order chi connectivity index (χ1) is 12.6. The third-order valence-electron chi connectivity index (χ3n) is 5.71. The molecule has 27 heavy (non-hydrogen) atoms. The molecule has 6 nitrogen and oxygen atoms in total. The predicted molar refractivity (Wildman–Crippen MR) is 106 cm³/mol. The van der Waals surface area contributed by atoms with E-state index in [-0.39, 0.29) is 41.7 Å². The molecule has 1 aromatic carbocycles. The van der Waals surface area contributed by atoms with Crippen molar-refractivity contribution >= 4 is 18.3 Å². The second-order valence-corrected chi connectivity index (χ2v) is 7.49. The Morgan fingerprint density at radius 1 is 1.07 bits per heavy atom. The van der Waals surface area contributed by atoms with Gasteiger partial charge in [-0.25, -0.2) is 0 Å². The molecule has 3 N–H and O–H groups in total. The molecule has 0 saturated heterocycles. The molecule has 2 bridgehead atoms. The molecule has 2 atom stereocenters. The average Bonchev–Trinajstić information content (AvgIpc) is 2.63. The number of fused-ring (bicyclic) bond motifs is 2. The highest BCUT2D eigenvalue weighted by Gasteiger charge is 2.40. The van der Waals surface area contributed by atoms with Crippen molar-refractivity contribution in [3.05, 3.63) is 58.5 Å². The van der Waals surface area contributed by atoms with E-state index in [0.717, 1.165) is 25.7 Å². The highest BCUT2D eigenvalue weighted by Crippen LogP contribution is 2.39. The van der Waals surface area contributed by atoms with Gasteiger partial charge in [-0.15, -0.1) is 12.4 Å². The van der Waals surface area contributed by atoms with Crippen molar-refractivity contribution in [3.63, 3.8) is 0 Å². The zero-order chi connectivity index (χ0) is 18.1. The zero-order valence-corrected chi connectivity index (χ0v) is 15.9. The minimum absolute atomic E-state index is 0. The molecule has 7 heteroatoms. The van der Waals surface area contributed by atoms with Crippen LogP contribution < -0.4 is 16.6 Å². The van der Waals surface area contributed by atoms with Gasteiger partial charge in [-0.05, 0) is 55.7 Å². The molecule has 144 valence electrons. The van der Waals surface area contributed by atoms with Gasteiger partial charge >= 0.3 is 0 Å². The topological polar surface area (TPSA) is 90.0 Å². The van der Waals surface area contributed by atoms with Crippen molar-refractivity contribution in [3.8, 4) is 5.69 Å². The van der Waals surface area contributed by atoms with Crippen molar-refractivity contribution in [2.45, 2.75) is 44.2 Å². The Morgan fingerprint density at radius 3 is 2.41 bits per heavy atom. The number of para-hydroxylation sites is 1. The number of hydrogen-bond donors (Lipinski definition) is 2. The number of amides is 1. The SMILES string of the molecule is Cl.NC1CC2CCCC(C1)C2NC(=O)c1ccc(=O)n(-c2ccccc2)n1. The van der Waals surface area contributed by atoms with Crippen molar-refractivity contribution < 1.29 is 4.79 Å². The van der Waals surface area contributed by atoms with Gasteiger partial charge in [0.05, 0.1) is 5.69 Å². The Kier molecular flexibility index (Phi) is 5.97. The maximum absolute atomic E-state index is 12.8. The minimum Gasteiger partial charge on any atom is -0.347 e. The van der Waals surface area contributed by atoms with Gasteiger partial charge in [0, 0.05) is 18.2 Å². The molecular weight excluding hydrogens is 364 g/mol. The van der Waals surface area contributed by atoms with E-state index in [9.17, 15) is 9.59 Å². The molecule has 2 fully saturated rings. The maximum atomic E-state index is 12.8. The Hall–Kier alpha value is -2.18. The maximum Gasteiger partial charge on any atom is 0.271 e. The summed E-state index contributed by atoms with van der Waals surface area (Å²) in [5.74, 6) is 0.676. The van der Waals surface area contributed by atoms with E-state index in [1.54, 1.807) is 12.1 Å². The first-order valence-electron chi connectivity index (χ1n) is 9.34. The van der Waals surface area contributed by atoms with E-state index >= 15 is 0 Å². The van der Waals surface area contributed by atoms with Crippen LogP contribution in [0.25, 0.3) is 5.69 Å². The van der Waals surface area contributed by atoms with Crippen LogP contribution >= 0.6 is 12.4 Å². The second kappa shape index (κ2) is 8.23. The van der Waals surface area contributed by atoms with Gasteiger partial charge in [-0.3, -0.25) is 9.59 Å². The van der Waals surface area contributed by atoms with Crippen LogP contribution in [0.15, 0.2) is 47.3 Å². The molecule has 1 amide bonds. The smallest absolute Gasteiger partial charge is 0.271 e. The summed E-state index contributed by atoms with van der Waals surface area (Å²) in [6.45, 7) is 0. The van der Waals surface area contributed by atoms with Crippen LogP contribution in [0.3, 0.4) is 0 Å². The van der Waals surface area contributed by atoms with Crippen molar-refractivity contribution in [2.24, 2.45) is 17.6 Å². The molecule has 2 aliphatic carbocycles. The van der Waals surface area contributed by atoms with E-state index in [0.29, 0.717) is 17.5 Å². The minimum atomic E-state index is -0.256. The summed E-state index contributed by atoms with van der Waals surface area (Å²) in [6.07, 6.45) is 5.39. The number of hydrogen-bond acceptors (Lipinski definition) is 4. The Labute approximate surface area is 164 Å². The van der Waals surface area contributed by atoms with Crippen molar-refractivity contribution in [2.75, 3.05) is 0 Å². The molecule has 2 unspecified atom stereocenters. The third kappa shape index (κ3) is 4.06. The Morgan fingerprint density at radius 2 is 1.74 bits per heavy atom. The summed E-state index contributed by atoms with van der Waals surface area (Å²) < 4.78 is 1.27. The summed E-state index contributed by atoms with van der Waals surface area (Å²) in [5.41, 5.74) is 6.82. The van der Waals surface area contributed by atoms with Gasteiger partial charge in [0.25, 0.3) is 11.5 Å². The lowest BCUT2D eigenvalue weighted by Crippen LogP contribution is -2.53. The van der Waals surface area contributed by atoms with Crippen LogP contribution in [-0.4, -0.2) is 27.8 Å². The predicted octanol–water partition coefficient (Wildman–Crippen LogP) is 2.29. The molecule has 2 saturated carbocycles. The number of rotatable bonds is 3. The molecule has 1 heterocycles. The van der Waals surface area contributed by atoms with Gasteiger partial charge in [-0.2, -0.15) is 9.78 Å². The number of carbonyl (C=O) groups is 1. The molecular formula is C20H25ClN4O2. The second-order valence-electron chi connectivity index (χ2n) is 7.49. The first kappa shape index (κ1) is 19.6. The van der Waals surface area contributed by atoms with Crippen LogP contribution in [0.1, 0.15) is 42.6 Å². The fourth-order valence-corrected chi connectivity index (χ4v) is 4.54. The van der Waals surface area contributed by atoms with E-state index in [2.05, 4.69) is 10.4 Å². The van der Waals surface area contributed by atoms with Gasteiger partial charge < -0.3 is 11.1 Å². The standard InChI is InChI=1S/C20H24N4O2.ClH/c21-15-11-13-5-4-6-14(12-15)19(13)22-20(26)17-9-10-18(25)24(23-17)16-7-2-1-3-8-16;/h1-3,7-10,13-15,19H,4-6,11-12,21H2,(H,22,26);1H. The zero-order valence-electron chi connectivity index (χ0n) is 15.1.